The highest BCUT2D eigenvalue weighted by molar-refractivity contribution is 6.30. The van der Waals surface area contributed by atoms with Crippen molar-refractivity contribution in [1.29, 1.82) is 0 Å². The fourth-order valence-electron chi connectivity index (χ4n) is 2.62. The van der Waals surface area contributed by atoms with Gasteiger partial charge in [0.1, 0.15) is 0 Å². The molecule has 0 aliphatic heterocycles. The first-order chi connectivity index (χ1) is 11.1. The van der Waals surface area contributed by atoms with E-state index in [0.29, 0.717) is 10.7 Å². The number of nitrogens with one attached hydrogen (secondary N) is 2. The van der Waals surface area contributed by atoms with Crippen molar-refractivity contribution in [2.75, 3.05) is 6.54 Å². The third-order valence-corrected chi connectivity index (χ3v) is 4.26. The second kappa shape index (κ2) is 8.67. The molecule has 0 aromatic heterocycles. The quantitative estimate of drug-likeness (QED) is 0.641. The number of hydrazone groups is 1. The average Bonchev–Trinajstić information content (AvgIpc) is 2.59. The fraction of sp³-hybridized carbons (Fsp3) is 0.471. The second-order valence-corrected chi connectivity index (χ2v) is 6.23. The van der Waals surface area contributed by atoms with Crippen molar-refractivity contribution < 1.29 is 9.59 Å². The molecule has 0 heterocycles. The number of carbonyl (C=O) groups excluding carboxylic acids is 2. The smallest absolute Gasteiger partial charge is 0.259 e. The molecule has 1 aromatic carbocycles. The van der Waals surface area contributed by atoms with Gasteiger partial charge in [-0.3, -0.25) is 9.59 Å². The molecular formula is C17H22ClN3O2. The van der Waals surface area contributed by atoms with E-state index < -0.39 is 0 Å². The van der Waals surface area contributed by atoms with Crippen molar-refractivity contribution in [3.05, 3.63) is 34.9 Å². The Morgan fingerprint density at radius 2 is 1.83 bits per heavy atom. The van der Waals surface area contributed by atoms with Crippen LogP contribution in [0.3, 0.4) is 0 Å². The van der Waals surface area contributed by atoms with Crippen LogP contribution >= 0.6 is 11.6 Å². The van der Waals surface area contributed by atoms with E-state index in [2.05, 4.69) is 15.8 Å². The number of halogens is 1. The van der Waals surface area contributed by atoms with Crippen molar-refractivity contribution in [3.63, 3.8) is 0 Å². The Bertz CT molecular complexity index is 578. The van der Waals surface area contributed by atoms with Gasteiger partial charge >= 0.3 is 0 Å². The minimum absolute atomic E-state index is 0.0294. The summed E-state index contributed by atoms with van der Waals surface area (Å²) in [5.74, 6) is -0.309. The molecule has 0 saturated heterocycles. The van der Waals surface area contributed by atoms with Gasteiger partial charge in [0, 0.05) is 10.9 Å². The van der Waals surface area contributed by atoms with Crippen LogP contribution in [-0.4, -0.2) is 24.1 Å². The number of nitrogens with zero attached hydrogens (tertiary/aromatic N) is 1. The van der Waals surface area contributed by atoms with Crippen LogP contribution < -0.4 is 10.7 Å². The van der Waals surface area contributed by atoms with Gasteiger partial charge in [0.25, 0.3) is 5.91 Å². The van der Waals surface area contributed by atoms with Crippen LogP contribution in [0.25, 0.3) is 0 Å². The molecular weight excluding hydrogens is 314 g/mol. The van der Waals surface area contributed by atoms with Crippen LogP contribution in [0, 0.1) is 5.92 Å². The van der Waals surface area contributed by atoms with E-state index in [0.717, 1.165) is 31.2 Å². The van der Waals surface area contributed by atoms with Gasteiger partial charge in [-0.05, 0) is 37.5 Å². The van der Waals surface area contributed by atoms with Crippen molar-refractivity contribution in [2.45, 2.75) is 39.0 Å². The number of rotatable bonds is 5. The van der Waals surface area contributed by atoms with Crippen LogP contribution in [-0.2, 0) is 9.59 Å². The molecule has 0 radical (unpaired) electrons. The molecule has 0 spiro atoms. The maximum absolute atomic E-state index is 12.0. The largest absolute Gasteiger partial charge is 0.347 e. The van der Waals surface area contributed by atoms with Gasteiger partial charge < -0.3 is 5.32 Å². The lowest BCUT2D eigenvalue weighted by Gasteiger charge is -2.20. The molecule has 1 fully saturated rings. The van der Waals surface area contributed by atoms with E-state index in [1.54, 1.807) is 19.1 Å². The Hall–Kier alpha value is -1.88. The molecule has 2 rings (SSSR count). The monoisotopic (exact) mass is 335 g/mol. The summed E-state index contributed by atoms with van der Waals surface area (Å²) in [7, 11) is 0. The molecule has 1 aliphatic carbocycles. The molecule has 6 heteroatoms. The molecule has 124 valence electrons. The molecule has 1 aromatic rings. The first-order valence-electron chi connectivity index (χ1n) is 7.93. The lowest BCUT2D eigenvalue weighted by Crippen LogP contribution is -2.39. The average molecular weight is 336 g/mol. The van der Waals surface area contributed by atoms with Crippen LogP contribution in [0.5, 0.6) is 0 Å². The minimum Gasteiger partial charge on any atom is -0.347 e. The van der Waals surface area contributed by atoms with Gasteiger partial charge in [-0.25, -0.2) is 5.43 Å². The maximum atomic E-state index is 12.0. The molecule has 0 bridgehead atoms. The molecule has 2 N–H and O–H groups in total. The van der Waals surface area contributed by atoms with E-state index >= 15 is 0 Å². The summed E-state index contributed by atoms with van der Waals surface area (Å²) in [6.07, 6.45) is 5.22. The Balaban J connectivity index is 1.76. The standard InChI is InChI=1S/C17H22ClN3O2/c1-12(13-7-9-15(18)10-8-13)20-21-16(22)11-19-17(23)14-5-3-2-4-6-14/h7-10,14H,2-6,11H2,1H3,(H,19,23)(H,21,22). The van der Waals surface area contributed by atoms with Crippen LogP contribution in [0.2, 0.25) is 5.02 Å². The molecule has 23 heavy (non-hydrogen) atoms. The Morgan fingerprint density at radius 1 is 1.17 bits per heavy atom. The second-order valence-electron chi connectivity index (χ2n) is 5.79. The fourth-order valence-corrected chi connectivity index (χ4v) is 2.74. The van der Waals surface area contributed by atoms with Gasteiger partial charge in [0.2, 0.25) is 5.91 Å². The third kappa shape index (κ3) is 5.67. The van der Waals surface area contributed by atoms with E-state index in [1.807, 2.05) is 12.1 Å². The lowest BCUT2D eigenvalue weighted by atomic mass is 9.89. The SMILES string of the molecule is CC(=NNC(=O)CNC(=O)C1CCCCC1)c1ccc(Cl)cc1. The number of carbonyl (C=O) groups is 2. The summed E-state index contributed by atoms with van der Waals surface area (Å²) < 4.78 is 0. The predicted octanol–water partition coefficient (Wildman–Crippen LogP) is 2.88. The normalized spacial score (nSPS) is 16.0. The zero-order valence-electron chi connectivity index (χ0n) is 13.3. The van der Waals surface area contributed by atoms with Crippen molar-refractivity contribution in [1.82, 2.24) is 10.7 Å². The van der Waals surface area contributed by atoms with E-state index in [1.165, 1.54) is 6.42 Å². The minimum atomic E-state index is -0.331. The summed E-state index contributed by atoms with van der Waals surface area (Å²) in [5.41, 5.74) is 4.01. The zero-order valence-corrected chi connectivity index (χ0v) is 14.0. The Kier molecular flexibility index (Phi) is 6.59. The van der Waals surface area contributed by atoms with Gasteiger partial charge in [0.15, 0.2) is 0 Å². The molecule has 0 unspecified atom stereocenters. The predicted molar refractivity (Wildman–Crippen MR) is 91.4 cm³/mol. The molecule has 0 atom stereocenters. The molecule has 1 saturated carbocycles. The van der Waals surface area contributed by atoms with Crippen molar-refractivity contribution in [2.24, 2.45) is 11.0 Å². The molecule has 5 nitrogen and oxygen atoms in total. The van der Waals surface area contributed by atoms with Crippen molar-refractivity contribution >= 4 is 29.1 Å². The van der Waals surface area contributed by atoms with E-state index in [-0.39, 0.29) is 24.3 Å². The van der Waals surface area contributed by atoms with Crippen LogP contribution in [0.1, 0.15) is 44.6 Å². The first kappa shape index (κ1) is 17.5. The van der Waals surface area contributed by atoms with Crippen LogP contribution in [0.4, 0.5) is 0 Å². The van der Waals surface area contributed by atoms with Crippen molar-refractivity contribution in [3.8, 4) is 0 Å². The number of hydrogen-bond acceptors (Lipinski definition) is 3. The highest BCUT2D eigenvalue weighted by atomic mass is 35.5. The first-order valence-corrected chi connectivity index (χ1v) is 8.31. The Labute approximate surface area is 141 Å². The topological polar surface area (TPSA) is 70.6 Å². The zero-order chi connectivity index (χ0) is 16.7. The van der Waals surface area contributed by atoms with Gasteiger partial charge in [-0.2, -0.15) is 5.10 Å². The Morgan fingerprint density at radius 3 is 2.48 bits per heavy atom. The number of hydrogen-bond donors (Lipinski definition) is 2. The molecule has 2 amide bonds. The van der Waals surface area contributed by atoms with E-state index in [9.17, 15) is 9.59 Å². The maximum Gasteiger partial charge on any atom is 0.259 e. The summed E-state index contributed by atoms with van der Waals surface area (Å²) in [6.45, 7) is 1.75. The van der Waals surface area contributed by atoms with Gasteiger partial charge in [-0.1, -0.05) is 43.0 Å². The highest BCUT2D eigenvalue weighted by Crippen LogP contribution is 2.23. The van der Waals surface area contributed by atoms with E-state index in [4.69, 9.17) is 11.6 Å². The van der Waals surface area contributed by atoms with Crippen LogP contribution in [0.15, 0.2) is 29.4 Å². The lowest BCUT2D eigenvalue weighted by molar-refractivity contribution is -0.129. The summed E-state index contributed by atoms with van der Waals surface area (Å²) in [5, 5.41) is 7.37. The number of amides is 2. The summed E-state index contributed by atoms with van der Waals surface area (Å²) in [4.78, 5) is 23.7. The highest BCUT2D eigenvalue weighted by Gasteiger charge is 2.21. The van der Waals surface area contributed by atoms with Gasteiger partial charge in [0.05, 0.1) is 12.3 Å². The third-order valence-electron chi connectivity index (χ3n) is 4.01. The molecule has 1 aliphatic rings. The number of benzene rings is 1. The summed E-state index contributed by atoms with van der Waals surface area (Å²) >= 11 is 5.83. The summed E-state index contributed by atoms with van der Waals surface area (Å²) in [6, 6.07) is 7.20. The van der Waals surface area contributed by atoms with Gasteiger partial charge in [-0.15, -0.1) is 0 Å².